The van der Waals surface area contributed by atoms with Gasteiger partial charge in [0.15, 0.2) is 5.78 Å². The second-order valence-corrected chi connectivity index (χ2v) is 3.27. The lowest BCUT2D eigenvalue weighted by atomic mass is 10.1. The molecule has 1 aliphatic carbocycles. The molecular weight excluding hydrogens is 154 g/mol. The molecule has 0 bridgehead atoms. The monoisotopic (exact) mass is 165 g/mol. The first kappa shape index (κ1) is 7.46. The Labute approximate surface area is 70.6 Å². The minimum atomic E-state index is -0.0532. The highest BCUT2D eigenvalue weighted by Gasteiger charge is 2.32. The fraction of sp³-hybridized carbons (Fsp3) is 0.625. The highest BCUT2D eigenvalue weighted by Crippen LogP contribution is 2.29. The molecule has 0 aromatic carbocycles. The van der Waals surface area contributed by atoms with Gasteiger partial charge in [0.2, 0.25) is 0 Å². The van der Waals surface area contributed by atoms with Gasteiger partial charge in [0.1, 0.15) is 18.7 Å². The molecular formula is C8H11N3O. The molecule has 64 valence electrons. The van der Waals surface area contributed by atoms with E-state index in [1.54, 1.807) is 11.0 Å². The summed E-state index contributed by atoms with van der Waals surface area (Å²) in [6.07, 6.45) is 4.96. The lowest BCUT2D eigenvalue weighted by Crippen LogP contribution is -2.17. The van der Waals surface area contributed by atoms with Crippen LogP contribution in [0.2, 0.25) is 0 Å². The van der Waals surface area contributed by atoms with Crippen LogP contribution in [0, 0.1) is 5.92 Å². The molecule has 4 heteroatoms. The molecule has 0 radical (unpaired) electrons. The van der Waals surface area contributed by atoms with Crippen LogP contribution in [-0.4, -0.2) is 20.5 Å². The Morgan fingerprint density at radius 2 is 2.42 bits per heavy atom. The van der Waals surface area contributed by atoms with E-state index in [4.69, 9.17) is 0 Å². The van der Waals surface area contributed by atoms with Crippen LogP contribution in [-0.2, 0) is 4.79 Å². The molecule has 2 rings (SSSR count). The topological polar surface area (TPSA) is 47.8 Å². The Hall–Kier alpha value is -1.19. The van der Waals surface area contributed by atoms with Crippen molar-refractivity contribution in [2.24, 2.45) is 5.92 Å². The third-order valence-corrected chi connectivity index (χ3v) is 2.44. The number of nitrogens with zero attached hydrogens (tertiary/aromatic N) is 3. The molecule has 1 aliphatic rings. The maximum Gasteiger partial charge on any atom is 0.160 e. The van der Waals surface area contributed by atoms with Crippen LogP contribution in [0.15, 0.2) is 12.7 Å². The van der Waals surface area contributed by atoms with Crippen molar-refractivity contribution in [3.05, 3.63) is 12.7 Å². The summed E-state index contributed by atoms with van der Waals surface area (Å²) in [4.78, 5) is 15.3. The predicted octanol–water partition coefficient (Wildman–Crippen LogP) is 0.818. The van der Waals surface area contributed by atoms with Gasteiger partial charge in [-0.15, -0.1) is 0 Å². The van der Waals surface area contributed by atoms with Gasteiger partial charge in [0, 0.05) is 5.92 Å². The van der Waals surface area contributed by atoms with Gasteiger partial charge in [-0.1, -0.05) is 6.92 Å². The van der Waals surface area contributed by atoms with Gasteiger partial charge in [0.25, 0.3) is 0 Å². The number of carbonyl (C=O) groups is 1. The molecule has 4 nitrogen and oxygen atoms in total. The quantitative estimate of drug-likeness (QED) is 0.619. The van der Waals surface area contributed by atoms with Crippen LogP contribution >= 0.6 is 0 Å². The first-order valence-corrected chi connectivity index (χ1v) is 4.17. The molecule has 2 atom stereocenters. The normalized spacial score (nSPS) is 29.6. The van der Waals surface area contributed by atoms with E-state index in [2.05, 4.69) is 10.1 Å². The van der Waals surface area contributed by atoms with E-state index >= 15 is 0 Å². The van der Waals surface area contributed by atoms with E-state index in [1.807, 2.05) is 6.92 Å². The number of carbonyl (C=O) groups excluding carboxylic acids is 1. The van der Waals surface area contributed by atoms with E-state index < -0.39 is 0 Å². The molecule has 1 saturated carbocycles. The van der Waals surface area contributed by atoms with Crippen LogP contribution < -0.4 is 0 Å². The SMILES string of the molecule is CC1CCC(n2cncn2)C1=O. The lowest BCUT2D eigenvalue weighted by Gasteiger charge is -2.06. The molecule has 0 spiro atoms. The average molecular weight is 165 g/mol. The second-order valence-electron chi connectivity index (χ2n) is 3.27. The first-order valence-electron chi connectivity index (χ1n) is 4.17. The molecule has 12 heavy (non-hydrogen) atoms. The van der Waals surface area contributed by atoms with Gasteiger partial charge >= 0.3 is 0 Å². The Morgan fingerprint density at radius 1 is 1.58 bits per heavy atom. The highest BCUT2D eigenvalue weighted by molar-refractivity contribution is 5.86. The summed E-state index contributed by atoms with van der Waals surface area (Å²) in [5, 5.41) is 3.97. The summed E-state index contributed by atoms with van der Waals surface area (Å²) >= 11 is 0. The Kier molecular flexibility index (Phi) is 1.67. The zero-order valence-corrected chi connectivity index (χ0v) is 6.97. The largest absolute Gasteiger partial charge is 0.297 e. The average Bonchev–Trinajstić information content (AvgIpc) is 2.64. The molecule has 0 N–H and O–H groups in total. The number of hydrogen-bond donors (Lipinski definition) is 0. The molecule has 1 fully saturated rings. The first-order chi connectivity index (χ1) is 5.79. The van der Waals surface area contributed by atoms with Gasteiger partial charge in [-0.2, -0.15) is 5.10 Å². The minimum Gasteiger partial charge on any atom is -0.297 e. The molecule has 2 unspecified atom stereocenters. The fourth-order valence-electron chi connectivity index (χ4n) is 1.66. The van der Waals surface area contributed by atoms with E-state index in [9.17, 15) is 4.79 Å². The summed E-state index contributed by atoms with van der Waals surface area (Å²) < 4.78 is 1.66. The van der Waals surface area contributed by atoms with E-state index in [-0.39, 0.29) is 12.0 Å². The summed E-state index contributed by atoms with van der Waals surface area (Å²) in [6.45, 7) is 1.97. The van der Waals surface area contributed by atoms with E-state index in [0.717, 1.165) is 12.8 Å². The number of aromatic nitrogens is 3. The van der Waals surface area contributed by atoms with Crippen molar-refractivity contribution in [1.29, 1.82) is 0 Å². The molecule has 1 heterocycles. The lowest BCUT2D eigenvalue weighted by molar-refractivity contribution is -0.123. The van der Waals surface area contributed by atoms with Crippen LogP contribution in [0.25, 0.3) is 0 Å². The summed E-state index contributed by atoms with van der Waals surface area (Å²) in [6, 6.07) is -0.0532. The van der Waals surface area contributed by atoms with Crippen LogP contribution in [0.4, 0.5) is 0 Å². The standard InChI is InChI=1S/C8H11N3O/c1-6-2-3-7(8(6)12)11-5-9-4-10-11/h4-7H,2-3H2,1H3. The minimum absolute atomic E-state index is 0.0532. The van der Waals surface area contributed by atoms with Gasteiger partial charge in [-0.25, -0.2) is 9.67 Å². The number of Topliss-reactive ketones (excluding diaryl/α,β-unsaturated/α-hetero) is 1. The van der Waals surface area contributed by atoms with Crippen molar-refractivity contribution >= 4 is 5.78 Å². The van der Waals surface area contributed by atoms with Crippen LogP contribution in [0.5, 0.6) is 0 Å². The molecule has 0 amide bonds. The van der Waals surface area contributed by atoms with Gasteiger partial charge in [0.05, 0.1) is 0 Å². The van der Waals surface area contributed by atoms with Gasteiger partial charge in [-0.3, -0.25) is 4.79 Å². The van der Waals surface area contributed by atoms with Crippen molar-refractivity contribution in [1.82, 2.24) is 14.8 Å². The van der Waals surface area contributed by atoms with Gasteiger partial charge < -0.3 is 0 Å². The molecule has 1 aromatic heterocycles. The van der Waals surface area contributed by atoms with Crippen molar-refractivity contribution in [3.63, 3.8) is 0 Å². The Balaban J connectivity index is 2.22. The number of ketones is 1. The number of hydrogen-bond acceptors (Lipinski definition) is 3. The zero-order chi connectivity index (χ0) is 8.55. The second kappa shape index (κ2) is 2.69. The Morgan fingerprint density at radius 3 is 2.92 bits per heavy atom. The van der Waals surface area contributed by atoms with Crippen LogP contribution in [0.3, 0.4) is 0 Å². The van der Waals surface area contributed by atoms with Crippen molar-refractivity contribution in [2.45, 2.75) is 25.8 Å². The van der Waals surface area contributed by atoms with Crippen molar-refractivity contribution in [3.8, 4) is 0 Å². The predicted molar refractivity (Wildman–Crippen MR) is 42.5 cm³/mol. The molecule has 0 aliphatic heterocycles. The third-order valence-electron chi connectivity index (χ3n) is 2.44. The highest BCUT2D eigenvalue weighted by atomic mass is 16.1. The molecule has 1 aromatic rings. The summed E-state index contributed by atoms with van der Waals surface area (Å²) in [7, 11) is 0. The maximum absolute atomic E-state index is 11.5. The zero-order valence-electron chi connectivity index (χ0n) is 6.97. The van der Waals surface area contributed by atoms with E-state index in [1.165, 1.54) is 6.33 Å². The van der Waals surface area contributed by atoms with Crippen molar-refractivity contribution in [2.75, 3.05) is 0 Å². The molecule has 0 saturated heterocycles. The number of rotatable bonds is 1. The Bertz CT molecular complexity index is 281. The van der Waals surface area contributed by atoms with Gasteiger partial charge in [-0.05, 0) is 12.8 Å². The third kappa shape index (κ3) is 1.03. The maximum atomic E-state index is 11.5. The smallest absolute Gasteiger partial charge is 0.160 e. The van der Waals surface area contributed by atoms with E-state index in [0.29, 0.717) is 5.78 Å². The van der Waals surface area contributed by atoms with Crippen LogP contribution in [0.1, 0.15) is 25.8 Å². The fourth-order valence-corrected chi connectivity index (χ4v) is 1.66. The summed E-state index contributed by atoms with van der Waals surface area (Å²) in [5.41, 5.74) is 0. The summed E-state index contributed by atoms with van der Waals surface area (Å²) in [5.74, 6) is 0.486. The van der Waals surface area contributed by atoms with Crippen molar-refractivity contribution < 1.29 is 4.79 Å².